The molecular formula is C12H18N4O2. The second-order valence-electron chi connectivity index (χ2n) is 4.22. The number of rotatable bonds is 3. The van der Waals surface area contributed by atoms with Gasteiger partial charge in [0.1, 0.15) is 6.04 Å². The molecule has 6 heteroatoms. The molecule has 0 amide bonds. The van der Waals surface area contributed by atoms with E-state index in [0.29, 0.717) is 18.2 Å². The largest absolute Gasteiger partial charge is 0.464 e. The first-order chi connectivity index (χ1) is 8.74. The van der Waals surface area contributed by atoms with Crippen molar-refractivity contribution < 1.29 is 9.53 Å². The Morgan fingerprint density at radius 1 is 1.50 bits per heavy atom. The van der Waals surface area contributed by atoms with Crippen molar-refractivity contribution in [2.45, 2.75) is 32.2 Å². The van der Waals surface area contributed by atoms with Gasteiger partial charge in [-0.25, -0.2) is 14.8 Å². The van der Waals surface area contributed by atoms with Gasteiger partial charge in [-0.1, -0.05) is 0 Å². The van der Waals surface area contributed by atoms with Gasteiger partial charge in [-0.3, -0.25) is 0 Å². The number of hydrogen-bond donors (Lipinski definition) is 1. The minimum Gasteiger partial charge on any atom is -0.464 e. The van der Waals surface area contributed by atoms with E-state index in [1.165, 1.54) is 0 Å². The van der Waals surface area contributed by atoms with E-state index < -0.39 is 0 Å². The summed E-state index contributed by atoms with van der Waals surface area (Å²) in [4.78, 5) is 22.1. The Hall–Kier alpha value is -1.85. The first kappa shape index (κ1) is 12.6. The average molecular weight is 250 g/mol. The van der Waals surface area contributed by atoms with Gasteiger partial charge in [0.05, 0.1) is 6.61 Å². The third-order valence-electron chi connectivity index (χ3n) is 3.04. The number of carbonyl (C=O) groups is 1. The molecule has 6 nitrogen and oxygen atoms in total. The minimum atomic E-state index is -0.294. The van der Waals surface area contributed by atoms with Crippen LogP contribution in [0, 0.1) is 0 Å². The number of piperidine rings is 1. The maximum absolute atomic E-state index is 11.9. The molecule has 0 saturated carbocycles. The summed E-state index contributed by atoms with van der Waals surface area (Å²) in [6.45, 7) is 2.95. The van der Waals surface area contributed by atoms with Crippen LogP contribution in [0.4, 0.5) is 11.6 Å². The third kappa shape index (κ3) is 2.52. The lowest BCUT2D eigenvalue weighted by atomic mass is 10.0. The predicted molar refractivity (Wildman–Crippen MR) is 68.1 cm³/mol. The molecule has 1 aromatic heterocycles. The van der Waals surface area contributed by atoms with Gasteiger partial charge in [0.15, 0.2) is 11.6 Å². The Kier molecular flexibility index (Phi) is 3.96. The van der Waals surface area contributed by atoms with Crippen LogP contribution in [-0.2, 0) is 9.53 Å². The molecule has 1 aliphatic heterocycles. The predicted octanol–water partition coefficient (Wildman–Crippen LogP) is 0.981. The van der Waals surface area contributed by atoms with Crippen LogP contribution in [0.2, 0.25) is 0 Å². The Morgan fingerprint density at radius 2 is 2.28 bits per heavy atom. The molecule has 1 atom stereocenters. The monoisotopic (exact) mass is 250 g/mol. The smallest absolute Gasteiger partial charge is 0.328 e. The molecular weight excluding hydrogens is 232 g/mol. The van der Waals surface area contributed by atoms with Crippen molar-refractivity contribution in [2.75, 3.05) is 23.8 Å². The lowest BCUT2D eigenvalue weighted by Crippen LogP contribution is -2.46. The van der Waals surface area contributed by atoms with Crippen LogP contribution in [0.15, 0.2) is 12.4 Å². The first-order valence-electron chi connectivity index (χ1n) is 6.23. The highest BCUT2D eigenvalue weighted by atomic mass is 16.5. The van der Waals surface area contributed by atoms with E-state index in [1.807, 2.05) is 11.8 Å². The maximum Gasteiger partial charge on any atom is 0.328 e. The summed E-state index contributed by atoms with van der Waals surface area (Å²) >= 11 is 0. The summed E-state index contributed by atoms with van der Waals surface area (Å²) in [5.41, 5.74) is 5.82. The van der Waals surface area contributed by atoms with Crippen molar-refractivity contribution in [1.29, 1.82) is 0 Å². The number of nitrogens with two attached hydrogens (primary N) is 1. The molecule has 2 N–H and O–H groups in total. The second-order valence-corrected chi connectivity index (χ2v) is 4.22. The lowest BCUT2D eigenvalue weighted by molar-refractivity contribution is -0.145. The molecule has 2 heterocycles. The average Bonchev–Trinajstić information content (AvgIpc) is 2.40. The van der Waals surface area contributed by atoms with E-state index in [1.54, 1.807) is 12.4 Å². The highest BCUT2D eigenvalue weighted by molar-refractivity contribution is 5.81. The first-order valence-corrected chi connectivity index (χ1v) is 6.23. The van der Waals surface area contributed by atoms with Gasteiger partial charge in [-0.2, -0.15) is 0 Å². The molecule has 2 rings (SSSR count). The fourth-order valence-electron chi connectivity index (χ4n) is 2.23. The topological polar surface area (TPSA) is 81.3 Å². The molecule has 0 aliphatic carbocycles. The van der Waals surface area contributed by atoms with Gasteiger partial charge in [0, 0.05) is 18.9 Å². The van der Waals surface area contributed by atoms with Gasteiger partial charge in [0.25, 0.3) is 0 Å². The van der Waals surface area contributed by atoms with Gasteiger partial charge in [0.2, 0.25) is 0 Å². The van der Waals surface area contributed by atoms with Gasteiger partial charge < -0.3 is 15.4 Å². The summed E-state index contributed by atoms with van der Waals surface area (Å²) in [6, 6.07) is -0.294. The molecule has 0 bridgehead atoms. The van der Waals surface area contributed by atoms with Crippen LogP contribution in [0.25, 0.3) is 0 Å². The number of anilines is 2. The third-order valence-corrected chi connectivity index (χ3v) is 3.04. The van der Waals surface area contributed by atoms with Crippen LogP contribution < -0.4 is 10.6 Å². The highest BCUT2D eigenvalue weighted by Gasteiger charge is 2.31. The van der Waals surface area contributed by atoms with E-state index in [4.69, 9.17) is 10.5 Å². The number of aromatic nitrogens is 2. The van der Waals surface area contributed by atoms with Crippen molar-refractivity contribution in [1.82, 2.24) is 9.97 Å². The number of nitrogen functional groups attached to an aromatic ring is 1. The number of hydrogen-bond acceptors (Lipinski definition) is 6. The van der Waals surface area contributed by atoms with Crippen LogP contribution in [0.1, 0.15) is 26.2 Å². The zero-order chi connectivity index (χ0) is 13.0. The van der Waals surface area contributed by atoms with Crippen molar-refractivity contribution in [3.63, 3.8) is 0 Å². The van der Waals surface area contributed by atoms with Crippen molar-refractivity contribution in [2.24, 2.45) is 0 Å². The van der Waals surface area contributed by atoms with E-state index in [2.05, 4.69) is 9.97 Å². The summed E-state index contributed by atoms with van der Waals surface area (Å²) < 4.78 is 5.10. The summed E-state index contributed by atoms with van der Waals surface area (Å²) in [7, 11) is 0. The summed E-state index contributed by atoms with van der Waals surface area (Å²) in [5.74, 6) is 0.728. The molecule has 1 aromatic rings. The van der Waals surface area contributed by atoms with Gasteiger partial charge in [-0.05, 0) is 26.2 Å². The standard InChI is InChI=1S/C12H18N4O2/c1-2-18-12(17)9-5-3-4-8-16(9)11-10(13)14-6-7-15-11/h6-7,9H,2-5,8H2,1H3,(H2,13,14). The summed E-state index contributed by atoms with van der Waals surface area (Å²) in [6.07, 6.45) is 5.94. The fourth-order valence-corrected chi connectivity index (χ4v) is 2.23. The van der Waals surface area contributed by atoms with E-state index in [9.17, 15) is 4.79 Å². The zero-order valence-electron chi connectivity index (χ0n) is 10.5. The highest BCUT2D eigenvalue weighted by Crippen LogP contribution is 2.26. The van der Waals surface area contributed by atoms with Gasteiger partial charge >= 0.3 is 5.97 Å². The Balaban J connectivity index is 2.23. The van der Waals surface area contributed by atoms with E-state index in [0.717, 1.165) is 25.8 Å². The minimum absolute atomic E-state index is 0.206. The van der Waals surface area contributed by atoms with Crippen LogP contribution in [-0.4, -0.2) is 35.1 Å². The summed E-state index contributed by atoms with van der Waals surface area (Å²) in [5, 5.41) is 0. The SMILES string of the molecule is CCOC(=O)C1CCCCN1c1nccnc1N. The van der Waals surface area contributed by atoms with Crippen molar-refractivity contribution in [3.05, 3.63) is 12.4 Å². The lowest BCUT2D eigenvalue weighted by Gasteiger charge is -2.35. The number of ether oxygens (including phenoxy) is 1. The zero-order valence-corrected chi connectivity index (χ0v) is 10.5. The normalized spacial score (nSPS) is 19.6. The Morgan fingerprint density at radius 3 is 3.00 bits per heavy atom. The number of nitrogens with zero attached hydrogens (tertiary/aromatic N) is 3. The maximum atomic E-state index is 11.9. The van der Waals surface area contributed by atoms with Crippen LogP contribution in [0.5, 0.6) is 0 Å². The second kappa shape index (κ2) is 5.66. The van der Waals surface area contributed by atoms with E-state index >= 15 is 0 Å². The molecule has 1 aliphatic rings. The quantitative estimate of drug-likeness (QED) is 0.805. The molecule has 18 heavy (non-hydrogen) atoms. The number of esters is 1. The molecule has 0 aromatic carbocycles. The molecule has 1 saturated heterocycles. The van der Waals surface area contributed by atoms with Gasteiger partial charge in [-0.15, -0.1) is 0 Å². The molecule has 0 spiro atoms. The van der Waals surface area contributed by atoms with E-state index in [-0.39, 0.29) is 12.0 Å². The molecule has 1 unspecified atom stereocenters. The van der Waals surface area contributed by atoms with Crippen molar-refractivity contribution in [3.8, 4) is 0 Å². The Bertz CT molecular complexity index is 424. The fraction of sp³-hybridized carbons (Fsp3) is 0.583. The van der Waals surface area contributed by atoms with Crippen molar-refractivity contribution >= 4 is 17.6 Å². The number of carbonyl (C=O) groups excluding carboxylic acids is 1. The van der Waals surface area contributed by atoms with Crippen LogP contribution in [0.3, 0.4) is 0 Å². The molecule has 1 fully saturated rings. The molecule has 0 radical (unpaired) electrons. The van der Waals surface area contributed by atoms with Crippen LogP contribution >= 0.6 is 0 Å². The molecule has 98 valence electrons. The Labute approximate surface area is 106 Å².